The molecule has 3 aromatic heterocycles. The molecule has 4 heterocycles. The summed E-state index contributed by atoms with van der Waals surface area (Å²) >= 11 is 5.86. The van der Waals surface area contributed by atoms with Crippen LogP contribution in [0.2, 0.25) is 0 Å². The first-order chi connectivity index (χ1) is 19.6. The number of ketones is 1. The van der Waals surface area contributed by atoms with Gasteiger partial charge < -0.3 is 9.52 Å². The van der Waals surface area contributed by atoms with Crippen molar-refractivity contribution in [2.75, 3.05) is 5.94 Å². The van der Waals surface area contributed by atoms with Gasteiger partial charge in [0.25, 0.3) is 0 Å². The third-order valence-electron chi connectivity index (χ3n) is 5.84. The van der Waals surface area contributed by atoms with Crippen LogP contribution in [0.1, 0.15) is 33.3 Å². The van der Waals surface area contributed by atoms with Crippen LogP contribution in [0.5, 0.6) is 0 Å². The number of allylic oxidation sites excluding steroid dienone is 2. The monoisotopic (exact) mass is 590 g/mol. The molecular weight excluding hydrogens is 565 g/mol. The number of H-pyrrole nitrogens is 1. The molecule has 0 bridgehead atoms. The van der Waals surface area contributed by atoms with Gasteiger partial charge in [-0.1, -0.05) is 97.4 Å². The average molecular weight is 591 g/mol. The lowest BCUT2D eigenvalue weighted by molar-refractivity contribution is 0.102. The number of hydrogen-bond acceptors (Lipinski definition) is 9. The molecule has 1 aliphatic rings. The second-order valence-corrected chi connectivity index (χ2v) is 12.8. The molecule has 9 nitrogen and oxygen atoms in total. The van der Waals surface area contributed by atoms with Crippen LogP contribution in [-0.4, -0.2) is 46.2 Å². The van der Waals surface area contributed by atoms with Gasteiger partial charge in [0.05, 0.1) is 18.0 Å². The van der Waals surface area contributed by atoms with Gasteiger partial charge in [0, 0.05) is 12.0 Å². The van der Waals surface area contributed by atoms with Crippen molar-refractivity contribution in [3.05, 3.63) is 131 Å². The van der Waals surface area contributed by atoms with Gasteiger partial charge in [-0.2, -0.15) is 4.98 Å². The Hall–Kier alpha value is -3.84. The Balaban J connectivity index is 0.000000162. The van der Waals surface area contributed by atoms with E-state index in [2.05, 4.69) is 38.2 Å². The summed E-state index contributed by atoms with van der Waals surface area (Å²) in [6.45, 7) is 0. The quantitative estimate of drug-likeness (QED) is 0.115. The third-order valence-corrected chi connectivity index (χ3v) is 9.75. The van der Waals surface area contributed by atoms with E-state index in [1.54, 1.807) is 18.4 Å². The number of benzene rings is 2. The molecule has 1 aliphatic heterocycles. The summed E-state index contributed by atoms with van der Waals surface area (Å²) in [6, 6.07) is 22.7. The third kappa shape index (κ3) is 6.48. The van der Waals surface area contributed by atoms with E-state index in [1.165, 1.54) is 15.7 Å². The first kappa shape index (κ1) is 27.7. The average Bonchev–Trinajstić information content (AvgIpc) is 3.82. The number of thioether (sulfide) groups is 1. The maximum atomic E-state index is 12.4. The zero-order valence-electron chi connectivity index (χ0n) is 21.2. The number of nitrogens with one attached hydrogen (secondary N) is 1. The molecule has 0 spiro atoms. The maximum Gasteiger partial charge on any atom is 0.231 e. The Kier molecular flexibility index (Phi) is 9.01. The zero-order valence-corrected chi connectivity index (χ0v) is 23.7. The Morgan fingerprint density at radius 2 is 1.73 bits per heavy atom. The first-order valence-electron chi connectivity index (χ1n) is 12.2. The van der Waals surface area contributed by atoms with Crippen molar-refractivity contribution < 1.29 is 14.3 Å². The standard InChI is InChI=1S/C16H13N3OS.C12H13N3O2S2/c20-15(13-9-5-2-6-10-13)16-18-17-14(19(16)21)11-12-7-3-1-4-8-12;16-9-19(6-1-2-7-19)12-13-11(14-15-12)18-8-10-4-3-5-17-10/h1-10,21H,11H2;1-7,16H,8-9H2,(H,13,14,15). The predicted octanol–water partition coefficient (Wildman–Crippen LogP) is 5.64. The van der Waals surface area contributed by atoms with E-state index in [9.17, 15) is 9.90 Å². The Morgan fingerprint density at radius 1 is 1.00 bits per heavy atom. The van der Waals surface area contributed by atoms with Gasteiger partial charge in [0.1, 0.15) is 11.6 Å². The van der Waals surface area contributed by atoms with Gasteiger partial charge in [-0.3, -0.25) is 13.9 Å². The van der Waals surface area contributed by atoms with Crippen molar-refractivity contribution in [2.45, 2.75) is 22.5 Å². The number of carbonyl (C=O) groups excluding carboxylic acids is 1. The minimum Gasteiger partial charge on any atom is -0.468 e. The Morgan fingerprint density at radius 3 is 2.40 bits per heavy atom. The topological polar surface area (TPSA) is 123 Å². The van der Waals surface area contributed by atoms with Crippen LogP contribution in [0.4, 0.5) is 0 Å². The zero-order chi connectivity index (χ0) is 27.8. The van der Waals surface area contributed by atoms with E-state index in [4.69, 9.17) is 4.42 Å². The van der Waals surface area contributed by atoms with Gasteiger partial charge >= 0.3 is 0 Å². The van der Waals surface area contributed by atoms with Crippen LogP contribution in [0.15, 0.2) is 117 Å². The number of aliphatic hydroxyl groups excluding tert-OH is 1. The lowest BCUT2D eigenvalue weighted by Gasteiger charge is -2.24. The number of aromatic nitrogens is 6. The fourth-order valence-electron chi connectivity index (χ4n) is 3.75. The number of nitrogens with zero attached hydrogens (tertiary/aromatic N) is 5. The van der Waals surface area contributed by atoms with Crippen LogP contribution in [0.25, 0.3) is 0 Å². The minimum absolute atomic E-state index is 0.0531. The smallest absolute Gasteiger partial charge is 0.231 e. The maximum absolute atomic E-state index is 12.4. The molecule has 6 rings (SSSR count). The van der Waals surface area contributed by atoms with Gasteiger partial charge in [0.15, 0.2) is 5.16 Å². The van der Waals surface area contributed by atoms with Gasteiger partial charge in [-0.25, -0.2) is 0 Å². The largest absolute Gasteiger partial charge is 0.468 e. The molecule has 0 saturated heterocycles. The Bertz CT molecular complexity index is 1590. The molecule has 0 radical (unpaired) electrons. The van der Waals surface area contributed by atoms with E-state index in [-0.39, 0.29) is 17.5 Å². The number of furan rings is 1. The van der Waals surface area contributed by atoms with Crippen molar-refractivity contribution >= 4 is 40.4 Å². The highest BCUT2D eigenvalue weighted by Crippen LogP contribution is 2.58. The predicted molar refractivity (Wildman–Crippen MR) is 159 cm³/mol. The number of rotatable bonds is 9. The van der Waals surface area contributed by atoms with E-state index in [0.717, 1.165) is 16.5 Å². The minimum atomic E-state index is -1.50. The van der Waals surface area contributed by atoms with Crippen molar-refractivity contribution in [2.24, 2.45) is 0 Å². The SMILES string of the molecule is O=C(c1ccccc1)c1nnc(Cc2ccccc2)n1S.OCS1(c2nc(SCc3ccco3)n[nH]2)C=CC=C1. The molecule has 204 valence electrons. The summed E-state index contributed by atoms with van der Waals surface area (Å²) < 4.78 is 6.72. The molecule has 0 fully saturated rings. The van der Waals surface area contributed by atoms with Gasteiger partial charge in [-0.15, -0.1) is 25.3 Å². The molecule has 12 heteroatoms. The molecule has 0 amide bonds. The van der Waals surface area contributed by atoms with Crippen molar-refractivity contribution in [3.8, 4) is 0 Å². The Labute approximate surface area is 242 Å². The molecule has 2 N–H and O–H groups in total. The lowest BCUT2D eigenvalue weighted by atomic mass is 10.1. The number of hydrogen-bond donors (Lipinski definition) is 3. The van der Waals surface area contributed by atoms with E-state index < -0.39 is 10.0 Å². The lowest BCUT2D eigenvalue weighted by Crippen LogP contribution is -2.08. The van der Waals surface area contributed by atoms with E-state index in [1.807, 2.05) is 83.6 Å². The van der Waals surface area contributed by atoms with E-state index >= 15 is 0 Å². The molecular formula is C28H26N6O3S3. The highest BCUT2D eigenvalue weighted by molar-refractivity contribution is 8.38. The summed E-state index contributed by atoms with van der Waals surface area (Å²) in [5.74, 6) is 2.33. The van der Waals surface area contributed by atoms with Crippen molar-refractivity contribution in [1.82, 2.24) is 29.4 Å². The highest BCUT2D eigenvalue weighted by atomic mass is 32.3. The van der Waals surface area contributed by atoms with Crippen molar-refractivity contribution in [3.63, 3.8) is 0 Å². The molecule has 2 aromatic carbocycles. The van der Waals surface area contributed by atoms with Crippen LogP contribution in [0, 0.1) is 0 Å². The van der Waals surface area contributed by atoms with Crippen LogP contribution in [0.3, 0.4) is 0 Å². The number of thiol groups is 1. The van der Waals surface area contributed by atoms with Crippen LogP contribution >= 0.6 is 34.6 Å². The summed E-state index contributed by atoms with van der Waals surface area (Å²) in [4.78, 5) is 16.8. The van der Waals surface area contributed by atoms with Crippen LogP contribution in [-0.2, 0) is 12.2 Å². The summed E-state index contributed by atoms with van der Waals surface area (Å²) in [7, 11) is -1.50. The molecule has 0 unspecified atom stereocenters. The van der Waals surface area contributed by atoms with Crippen molar-refractivity contribution in [1.29, 1.82) is 0 Å². The second kappa shape index (κ2) is 13.0. The van der Waals surface area contributed by atoms with Gasteiger partial charge in [0.2, 0.25) is 16.8 Å². The first-order valence-corrected chi connectivity index (χ1v) is 15.5. The fourth-order valence-corrected chi connectivity index (χ4v) is 6.61. The van der Waals surface area contributed by atoms with Crippen LogP contribution < -0.4 is 0 Å². The number of aromatic amines is 1. The molecule has 40 heavy (non-hydrogen) atoms. The van der Waals surface area contributed by atoms with Gasteiger partial charge in [-0.05, 0) is 28.5 Å². The number of aliphatic hydroxyl groups is 1. The number of carbonyl (C=O) groups is 1. The normalized spacial score (nSPS) is 14.1. The fraction of sp³-hybridized carbons (Fsp3) is 0.107. The molecule has 0 aliphatic carbocycles. The molecule has 0 saturated carbocycles. The molecule has 5 aromatic rings. The summed E-state index contributed by atoms with van der Waals surface area (Å²) in [6.07, 6.45) is 6.10. The second-order valence-electron chi connectivity index (χ2n) is 8.54. The summed E-state index contributed by atoms with van der Waals surface area (Å²) in [5.41, 5.74) is 1.67. The highest BCUT2D eigenvalue weighted by Gasteiger charge is 2.26. The summed E-state index contributed by atoms with van der Waals surface area (Å²) in [5, 5.41) is 30.1. The van der Waals surface area contributed by atoms with E-state index in [0.29, 0.717) is 28.7 Å². The molecule has 0 atom stereocenters.